The van der Waals surface area contributed by atoms with E-state index in [4.69, 9.17) is 0 Å². The van der Waals surface area contributed by atoms with E-state index in [2.05, 4.69) is 5.32 Å². The highest BCUT2D eigenvalue weighted by Gasteiger charge is 2.38. The lowest BCUT2D eigenvalue weighted by Gasteiger charge is -2.24. The van der Waals surface area contributed by atoms with Crippen molar-refractivity contribution in [3.8, 4) is 0 Å². The Morgan fingerprint density at radius 3 is 2.24 bits per heavy atom. The first-order valence-electron chi connectivity index (χ1n) is 8.84. The van der Waals surface area contributed by atoms with Crippen molar-refractivity contribution in [1.29, 1.82) is 0 Å². The Morgan fingerprint density at radius 1 is 0.952 bits per heavy atom. The van der Waals surface area contributed by atoms with Crippen LogP contribution in [0.1, 0.15) is 70.6 Å². The van der Waals surface area contributed by atoms with Crippen molar-refractivity contribution in [2.45, 2.75) is 82.7 Å². The second-order valence-corrected chi connectivity index (χ2v) is 7.08. The van der Waals surface area contributed by atoms with Gasteiger partial charge in [-0.2, -0.15) is 0 Å². The molecule has 0 radical (unpaired) electrons. The molecule has 1 N–H and O–H groups in total. The summed E-state index contributed by atoms with van der Waals surface area (Å²) in [7, 11) is 0. The number of carbonyl (C=O) groups is 2. The summed E-state index contributed by atoms with van der Waals surface area (Å²) in [5, 5.41) is 3.21. The normalized spacial score (nSPS) is 28.9. The molecule has 1 atom stereocenters. The number of hydrogen-bond acceptors (Lipinski definition) is 2. The summed E-state index contributed by atoms with van der Waals surface area (Å²) in [4.78, 5) is 26.6. The Hall–Kier alpha value is -1.06. The number of nitrogens with zero attached hydrogens (tertiary/aromatic N) is 1. The van der Waals surface area contributed by atoms with E-state index in [0.29, 0.717) is 25.0 Å². The molecule has 3 fully saturated rings. The van der Waals surface area contributed by atoms with Gasteiger partial charge in [-0.25, -0.2) is 0 Å². The molecule has 3 aliphatic rings. The van der Waals surface area contributed by atoms with Crippen LogP contribution < -0.4 is 5.32 Å². The minimum Gasteiger partial charge on any atom is -0.353 e. The van der Waals surface area contributed by atoms with Gasteiger partial charge < -0.3 is 10.2 Å². The molecule has 0 aromatic carbocycles. The van der Waals surface area contributed by atoms with Crippen LogP contribution in [0.2, 0.25) is 0 Å². The van der Waals surface area contributed by atoms with E-state index in [1.165, 1.54) is 38.5 Å². The molecule has 0 unspecified atom stereocenters. The van der Waals surface area contributed by atoms with Gasteiger partial charge in [0, 0.05) is 25.0 Å². The molecule has 118 valence electrons. The number of carbonyl (C=O) groups excluding carboxylic acids is 2. The first-order chi connectivity index (χ1) is 10.2. The second kappa shape index (κ2) is 6.80. The fourth-order valence-corrected chi connectivity index (χ4v) is 4.22. The maximum atomic E-state index is 12.4. The first kappa shape index (κ1) is 14.9. The maximum absolute atomic E-state index is 12.4. The van der Waals surface area contributed by atoms with Crippen LogP contribution in [0.4, 0.5) is 0 Å². The van der Waals surface area contributed by atoms with Crippen LogP contribution in [0.15, 0.2) is 0 Å². The van der Waals surface area contributed by atoms with E-state index in [-0.39, 0.29) is 17.7 Å². The van der Waals surface area contributed by atoms with Gasteiger partial charge in [-0.1, -0.05) is 38.5 Å². The van der Waals surface area contributed by atoms with E-state index in [1.54, 1.807) is 0 Å². The van der Waals surface area contributed by atoms with Gasteiger partial charge in [0.1, 0.15) is 0 Å². The number of hydrogen-bond donors (Lipinski definition) is 1. The Labute approximate surface area is 127 Å². The fraction of sp³-hybridized carbons (Fsp3) is 0.882. The zero-order valence-electron chi connectivity index (χ0n) is 13.0. The van der Waals surface area contributed by atoms with Gasteiger partial charge in [0.25, 0.3) is 0 Å². The maximum Gasteiger partial charge on any atom is 0.225 e. The predicted octanol–water partition coefficient (Wildman–Crippen LogP) is 2.62. The Kier molecular flexibility index (Phi) is 4.81. The summed E-state index contributed by atoms with van der Waals surface area (Å²) in [6, 6.07) is 0.754. The third-order valence-electron chi connectivity index (χ3n) is 5.50. The fourth-order valence-electron chi connectivity index (χ4n) is 4.22. The molecule has 2 aliphatic carbocycles. The zero-order valence-corrected chi connectivity index (χ0v) is 13.0. The van der Waals surface area contributed by atoms with Crippen LogP contribution in [0.25, 0.3) is 0 Å². The predicted molar refractivity (Wildman–Crippen MR) is 81.7 cm³/mol. The van der Waals surface area contributed by atoms with Crippen molar-refractivity contribution in [3.63, 3.8) is 0 Å². The standard InChI is InChI=1S/C17H28N2O2/c20-16-11-13(12-19(16)15-9-5-6-10-15)17(21)18-14-7-3-1-2-4-8-14/h13-15H,1-12H2,(H,18,21)/t13-/m0/s1. The number of amides is 2. The largest absolute Gasteiger partial charge is 0.353 e. The molecule has 2 saturated carbocycles. The molecule has 1 saturated heterocycles. The molecule has 0 aromatic heterocycles. The number of nitrogens with one attached hydrogen (secondary N) is 1. The molecular weight excluding hydrogens is 264 g/mol. The average Bonchev–Trinajstić information content (AvgIpc) is 3.04. The van der Waals surface area contributed by atoms with E-state index >= 15 is 0 Å². The molecule has 0 aromatic rings. The molecular formula is C17H28N2O2. The summed E-state index contributed by atoms with van der Waals surface area (Å²) in [5.74, 6) is 0.208. The second-order valence-electron chi connectivity index (χ2n) is 7.08. The minimum absolute atomic E-state index is 0.110. The van der Waals surface area contributed by atoms with E-state index in [9.17, 15) is 9.59 Å². The summed E-state index contributed by atoms with van der Waals surface area (Å²) in [5.41, 5.74) is 0. The Morgan fingerprint density at radius 2 is 1.57 bits per heavy atom. The van der Waals surface area contributed by atoms with Gasteiger partial charge in [0.05, 0.1) is 5.92 Å². The lowest BCUT2D eigenvalue weighted by atomic mass is 10.0. The van der Waals surface area contributed by atoms with Crippen LogP contribution in [0, 0.1) is 5.92 Å². The molecule has 4 heteroatoms. The molecule has 1 aliphatic heterocycles. The van der Waals surface area contributed by atoms with Crippen LogP contribution in [-0.2, 0) is 9.59 Å². The topological polar surface area (TPSA) is 49.4 Å². The minimum atomic E-state index is -0.110. The number of likely N-dealkylation sites (tertiary alicyclic amines) is 1. The van der Waals surface area contributed by atoms with Gasteiger partial charge >= 0.3 is 0 Å². The summed E-state index contributed by atoms with van der Waals surface area (Å²) in [6.45, 7) is 0.655. The van der Waals surface area contributed by atoms with Crippen molar-refractivity contribution < 1.29 is 9.59 Å². The van der Waals surface area contributed by atoms with Crippen molar-refractivity contribution in [2.75, 3.05) is 6.54 Å². The number of rotatable bonds is 3. The van der Waals surface area contributed by atoms with Gasteiger partial charge in [0.2, 0.25) is 11.8 Å². The van der Waals surface area contributed by atoms with Gasteiger partial charge in [0.15, 0.2) is 0 Å². The summed E-state index contributed by atoms with van der Waals surface area (Å²) in [6.07, 6.45) is 12.4. The molecule has 0 bridgehead atoms. The monoisotopic (exact) mass is 292 g/mol. The van der Waals surface area contributed by atoms with E-state index in [0.717, 1.165) is 25.7 Å². The van der Waals surface area contributed by atoms with Crippen LogP contribution in [0.5, 0.6) is 0 Å². The highest BCUT2D eigenvalue weighted by molar-refractivity contribution is 5.89. The van der Waals surface area contributed by atoms with Crippen molar-refractivity contribution >= 4 is 11.8 Å². The van der Waals surface area contributed by atoms with Crippen LogP contribution in [-0.4, -0.2) is 35.3 Å². The lowest BCUT2D eigenvalue weighted by molar-refractivity contribution is -0.130. The first-order valence-corrected chi connectivity index (χ1v) is 8.84. The third kappa shape index (κ3) is 3.58. The summed E-state index contributed by atoms with van der Waals surface area (Å²) >= 11 is 0. The molecule has 21 heavy (non-hydrogen) atoms. The van der Waals surface area contributed by atoms with Crippen LogP contribution in [0.3, 0.4) is 0 Å². The SMILES string of the molecule is O=C(NC1CCCCCC1)[C@H]1CC(=O)N(C2CCCC2)C1. The highest BCUT2D eigenvalue weighted by atomic mass is 16.2. The van der Waals surface area contributed by atoms with Crippen molar-refractivity contribution in [1.82, 2.24) is 10.2 Å². The molecule has 0 spiro atoms. The van der Waals surface area contributed by atoms with Gasteiger partial charge in [-0.05, 0) is 25.7 Å². The Balaban J connectivity index is 1.52. The average molecular weight is 292 g/mol. The lowest BCUT2D eigenvalue weighted by Crippen LogP contribution is -2.40. The van der Waals surface area contributed by atoms with Crippen molar-refractivity contribution in [2.24, 2.45) is 5.92 Å². The molecule has 1 heterocycles. The van der Waals surface area contributed by atoms with Gasteiger partial charge in [-0.3, -0.25) is 9.59 Å². The quantitative estimate of drug-likeness (QED) is 0.813. The van der Waals surface area contributed by atoms with Crippen molar-refractivity contribution in [3.05, 3.63) is 0 Å². The van der Waals surface area contributed by atoms with E-state index < -0.39 is 0 Å². The Bertz CT molecular complexity index is 382. The third-order valence-corrected chi connectivity index (χ3v) is 5.50. The molecule has 2 amide bonds. The molecule has 4 nitrogen and oxygen atoms in total. The molecule has 3 rings (SSSR count). The zero-order chi connectivity index (χ0) is 14.7. The van der Waals surface area contributed by atoms with E-state index in [1.807, 2.05) is 4.90 Å². The highest BCUT2D eigenvalue weighted by Crippen LogP contribution is 2.29. The van der Waals surface area contributed by atoms with Crippen LogP contribution >= 0.6 is 0 Å². The summed E-state index contributed by atoms with van der Waals surface area (Å²) < 4.78 is 0. The smallest absolute Gasteiger partial charge is 0.225 e. The van der Waals surface area contributed by atoms with Gasteiger partial charge in [-0.15, -0.1) is 0 Å².